The van der Waals surface area contributed by atoms with Gasteiger partial charge in [0.25, 0.3) is 5.91 Å². The van der Waals surface area contributed by atoms with Crippen LogP contribution in [0.5, 0.6) is 5.75 Å². The third-order valence-corrected chi connectivity index (χ3v) is 2.73. The summed E-state index contributed by atoms with van der Waals surface area (Å²) >= 11 is 0. The number of anilines is 1. The van der Waals surface area contributed by atoms with Gasteiger partial charge in [-0.15, -0.1) is 5.53 Å². The van der Waals surface area contributed by atoms with Crippen molar-refractivity contribution in [1.29, 1.82) is 0 Å². The lowest BCUT2D eigenvalue weighted by molar-refractivity contribution is -0.117. The summed E-state index contributed by atoms with van der Waals surface area (Å²) < 4.78 is 18.6. The van der Waals surface area contributed by atoms with Crippen molar-refractivity contribution in [2.75, 3.05) is 5.43 Å². The van der Waals surface area contributed by atoms with Gasteiger partial charge in [0.1, 0.15) is 24.1 Å². The monoisotopic (exact) mass is 315 g/mol. The molecule has 0 bridgehead atoms. The lowest BCUT2D eigenvalue weighted by Gasteiger charge is -2.10. The minimum absolute atomic E-state index is 0.261. The summed E-state index contributed by atoms with van der Waals surface area (Å²) in [7, 11) is 0. The lowest BCUT2D eigenvalue weighted by atomic mass is 10.2. The fraction of sp³-hybridized carbons (Fsp3) is 0.0625. The first-order chi connectivity index (χ1) is 11.2. The Balaban J connectivity index is 1.80. The van der Waals surface area contributed by atoms with E-state index in [1.807, 2.05) is 0 Å². The zero-order valence-corrected chi connectivity index (χ0v) is 12.0. The summed E-state index contributed by atoms with van der Waals surface area (Å²) in [5.74, 6) is 1.05. The maximum atomic E-state index is 13.0. The van der Waals surface area contributed by atoms with Crippen LogP contribution < -0.4 is 21.1 Å². The number of hydrogen-bond acceptors (Lipinski definition) is 5. The average molecular weight is 315 g/mol. The first-order valence-corrected chi connectivity index (χ1v) is 6.66. The van der Waals surface area contributed by atoms with Gasteiger partial charge in [-0.25, -0.2) is 9.18 Å². The molecule has 0 heterocycles. The average Bonchev–Trinajstić information content (AvgIpc) is 2.54. The number of benzene rings is 2. The van der Waals surface area contributed by atoms with Gasteiger partial charge in [0.05, 0.1) is 11.8 Å². The Kier molecular flexibility index (Phi) is 5.88. The smallest absolute Gasteiger partial charge is 0.270 e. The number of carbonyl (C=O) groups excluding carboxylic acids is 2. The van der Waals surface area contributed by atoms with Crippen LogP contribution in [-0.4, -0.2) is 11.8 Å². The number of nitrogens with one attached hydrogen (secondary N) is 3. The second-order valence-corrected chi connectivity index (χ2v) is 4.44. The summed E-state index contributed by atoms with van der Waals surface area (Å²) in [5, 5.41) is 0. The number of hydrogen-bond donors (Lipinski definition) is 3. The molecule has 118 valence electrons. The van der Waals surface area contributed by atoms with Crippen molar-refractivity contribution in [2.24, 2.45) is 0 Å². The molecule has 3 N–H and O–H groups in total. The highest BCUT2D eigenvalue weighted by Crippen LogP contribution is 2.16. The first-order valence-electron chi connectivity index (χ1n) is 6.66. The van der Waals surface area contributed by atoms with Crippen LogP contribution in [0.1, 0.15) is 5.56 Å². The Bertz CT molecular complexity index is 713. The maximum absolute atomic E-state index is 13.0. The summed E-state index contributed by atoms with van der Waals surface area (Å²) in [6.45, 7) is 0.261. The van der Waals surface area contributed by atoms with Crippen LogP contribution in [0.3, 0.4) is 0 Å². The van der Waals surface area contributed by atoms with Gasteiger partial charge in [-0.2, -0.15) is 0 Å². The number of halogens is 1. The summed E-state index contributed by atoms with van der Waals surface area (Å²) in [4.78, 5) is 20.9. The standard InChI is InChI=1S/C16H14FN3O3/c17-13-3-1-2-12(10-13)11-23-15-6-4-14(5-7-15)18-20-19-16(22)8-9-21/h1-8,10,18,20H,11H2,(H,19,22). The molecule has 2 aromatic rings. The van der Waals surface area contributed by atoms with Crippen molar-refractivity contribution in [2.45, 2.75) is 6.61 Å². The van der Waals surface area contributed by atoms with E-state index in [-0.39, 0.29) is 12.4 Å². The first kappa shape index (κ1) is 16.2. The Hall–Kier alpha value is -3.15. The second kappa shape index (κ2) is 8.33. The van der Waals surface area contributed by atoms with Gasteiger partial charge in [-0.1, -0.05) is 12.1 Å². The molecular formula is C16H14FN3O3. The van der Waals surface area contributed by atoms with Crippen molar-refractivity contribution >= 4 is 17.5 Å². The minimum Gasteiger partial charge on any atom is -0.489 e. The fourth-order valence-corrected chi connectivity index (χ4v) is 1.68. The van der Waals surface area contributed by atoms with Crippen LogP contribution >= 0.6 is 0 Å². The fourth-order valence-electron chi connectivity index (χ4n) is 1.68. The number of hydrazine groups is 2. The molecule has 2 rings (SSSR count). The van der Waals surface area contributed by atoms with Crippen LogP contribution in [0.15, 0.2) is 54.6 Å². The van der Waals surface area contributed by atoms with E-state index in [2.05, 4.69) is 16.4 Å². The highest BCUT2D eigenvalue weighted by Gasteiger charge is 1.99. The molecule has 2 aromatic carbocycles. The molecule has 7 heteroatoms. The van der Waals surface area contributed by atoms with Crippen molar-refractivity contribution < 1.29 is 18.7 Å². The Morgan fingerprint density at radius 2 is 2.00 bits per heavy atom. The number of rotatable bonds is 7. The Labute approximate surface area is 131 Å². The van der Waals surface area contributed by atoms with Crippen molar-refractivity contribution in [1.82, 2.24) is 11.0 Å². The van der Waals surface area contributed by atoms with E-state index in [0.29, 0.717) is 11.4 Å². The van der Waals surface area contributed by atoms with Gasteiger partial charge in [-0.3, -0.25) is 10.2 Å². The van der Waals surface area contributed by atoms with E-state index < -0.39 is 5.91 Å². The zero-order chi connectivity index (χ0) is 16.5. The molecule has 0 spiro atoms. The molecule has 0 atom stereocenters. The summed E-state index contributed by atoms with van der Waals surface area (Å²) in [6.07, 6.45) is 0.720. The molecule has 0 saturated carbocycles. The van der Waals surface area contributed by atoms with Crippen LogP contribution in [0, 0.1) is 5.82 Å². The van der Waals surface area contributed by atoms with Crippen molar-refractivity contribution in [3.05, 3.63) is 66.0 Å². The normalized spacial score (nSPS) is 9.61. The van der Waals surface area contributed by atoms with Crippen LogP contribution in [0.2, 0.25) is 0 Å². The summed E-state index contributed by atoms with van der Waals surface area (Å²) in [6, 6.07) is 13.1. The summed E-state index contributed by atoms with van der Waals surface area (Å²) in [5.41, 5.74) is 8.75. The van der Waals surface area contributed by atoms with E-state index in [1.165, 1.54) is 18.1 Å². The van der Waals surface area contributed by atoms with Gasteiger partial charge < -0.3 is 10.2 Å². The molecule has 0 aliphatic heterocycles. The molecule has 0 fully saturated rings. The van der Waals surface area contributed by atoms with E-state index in [4.69, 9.17) is 4.74 Å². The highest BCUT2D eigenvalue weighted by atomic mass is 19.1. The molecule has 0 aromatic heterocycles. The Morgan fingerprint density at radius 1 is 1.22 bits per heavy atom. The maximum Gasteiger partial charge on any atom is 0.270 e. The van der Waals surface area contributed by atoms with Gasteiger partial charge in [-0.05, 0) is 42.0 Å². The van der Waals surface area contributed by atoms with Crippen molar-refractivity contribution in [3.63, 3.8) is 0 Å². The van der Waals surface area contributed by atoms with Gasteiger partial charge >= 0.3 is 0 Å². The number of amides is 1. The number of ether oxygens (including phenoxy) is 1. The van der Waals surface area contributed by atoms with E-state index in [9.17, 15) is 14.0 Å². The molecular weight excluding hydrogens is 301 g/mol. The molecule has 1 amide bonds. The van der Waals surface area contributed by atoms with Crippen LogP contribution in [0.4, 0.5) is 10.1 Å². The van der Waals surface area contributed by atoms with Gasteiger partial charge in [0.2, 0.25) is 0 Å². The molecule has 0 aliphatic carbocycles. The largest absolute Gasteiger partial charge is 0.489 e. The van der Waals surface area contributed by atoms with Gasteiger partial charge in [0, 0.05) is 0 Å². The SMILES string of the molecule is O=C=CC(=O)NNNc1ccc(OCc2cccc(F)c2)cc1. The predicted molar refractivity (Wildman–Crippen MR) is 82.3 cm³/mol. The van der Waals surface area contributed by atoms with E-state index in [1.54, 1.807) is 36.4 Å². The van der Waals surface area contributed by atoms with Gasteiger partial charge in [0.15, 0.2) is 0 Å². The quantitative estimate of drug-likeness (QED) is 0.412. The molecule has 0 aliphatic rings. The van der Waals surface area contributed by atoms with Crippen LogP contribution in [-0.2, 0) is 16.2 Å². The molecule has 0 saturated heterocycles. The van der Waals surface area contributed by atoms with Crippen LogP contribution in [0.25, 0.3) is 0 Å². The molecule has 0 radical (unpaired) electrons. The zero-order valence-electron chi connectivity index (χ0n) is 12.0. The molecule has 23 heavy (non-hydrogen) atoms. The van der Waals surface area contributed by atoms with Crippen molar-refractivity contribution in [3.8, 4) is 5.75 Å². The molecule has 6 nitrogen and oxygen atoms in total. The topological polar surface area (TPSA) is 79.5 Å². The van der Waals surface area contributed by atoms with E-state index in [0.717, 1.165) is 11.6 Å². The predicted octanol–water partition coefficient (Wildman–Crippen LogP) is 1.74. The third-order valence-electron chi connectivity index (χ3n) is 2.73. The van der Waals surface area contributed by atoms with E-state index >= 15 is 0 Å². The highest BCUT2D eigenvalue weighted by molar-refractivity contribution is 5.93. The molecule has 0 unspecified atom stereocenters. The lowest BCUT2D eigenvalue weighted by Crippen LogP contribution is -2.40. The Morgan fingerprint density at radius 3 is 2.70 bits per heavy atom. The number of carbonyl (C=O) groups is 1. The third kappa shape index (κ3) is 5.62. The minimum atomic E-state index is -0.623. The second-order valence-electron chi connectivity index (χ2n) is 4.44.